The molecule has 0 saturated heterocycles. The molecule has 0 N–H and O–H groups in total. The van der Waals surface area contributed by atoms with Gasteiger partial charge in [-0.05, 0) is 42.5 Å². The Labute approximate surface area is 158 Å². The van der Waals surface area contributed by atoms with Gasteiger partial charge in [0.15, 0.2) is 22.7 Å². The third-order valence-electron chi connectivity index (χ3n) is 4.54. The summed E-state index contributed by atoms with van der Waals surface area (Å²) in [4.78, 5) is 17.4. The number of hydrogen-bond acceptors (Lipinski definition) is 6. The SMILES string of the molecule is COc1ccc(-c2nc3scc(-c4ccc5c(c4)OCO5)n3c2C=O)cc1. The van der Waals surface area contributed by atoms with Crippen molar-refractivity contribution in [3.8, 4) is 39.8 Å². The van der Waals surface area contributed by atoms with E-state index in [0.29, 0.717) is 17.1 Å². The molecule has 4 aromatic rings. The van der Waals surface area contributed by atoms with Crippen LogP contribution in [0.4, 0.5) is 0 Å². The van der Waals surface area contributed by atoms with Crippen molar-refractivity contribution >= 4 is 22.6 Å². The van der Waals surface area contributed by atoms with Crippen molar-refractivity contribution in [3.63, 3.8) is 0 Å². The van der Waals surface area contributed by atoms with Gasteiger partial charge in [0, 0.05) is 16.5 Å². The standard InChI is InChI=1S/C20H14N2O4S/c1-24-14-5-2-12(3-6-14)19-15(9-23)22-16(10-27-20(22)21-19)13-4-7-17-18(8-13)26-11-25-17/h2-10H,11H2,1H3. The molecule has 7 heteroatoms. The number of aromatic nitrogens is 2. The molecule has 0 amide bonds. The van der Waals surface area contributed by atoms with Gasteiger partial charge >= 0.3 is 0 Å². The minimum absolute atomic E-state index is 0.226. The van der Waals surface area contributed by atoms with Crippen LogP contribution >= 0.6 is 11.3 Å². The summed E-state index contributed by atoms with van der Waals surface area (Å²) in [7, 11) is 1.62. The van der Waals surface area contributed by atoms with Crippen LogP contribution in [0.3, 0.4) is 0 Å². The van der Waals surface area contributed by atoms with E-state index >= 15 is 0 Å². The molecule has 6 nitrogen and oxygen atoms in total. The molecule has 1 aliphatic heterocycles. The molecule has 0 unspecified atom stereocenters. The number of fused-ring (bicyclic) bond motifs is 2. The number of carbonyl (C=O) groups excluding carboxylic acids is 1. The maximum Gasteiger partial charge on any atom is 0.231 e. The van der Waals surface area contributed by atoms with Gasteiger partial charge in [0.05, 0.1) is 12.8 Å². The zero-order valence-electron chi connectivity index (χ0n) is 14.3. The van der Waals surface area contributed by atoms with E-state index < -0.39 is 0 Å². The van der Waals surface area contributed by atoms with E-state index in [4.69, 9.17) is 14.2 Å². The molecular weight excluding hydrogens is 364 g/mol. The van der Waals surface area contributed by atoms with E-state index in [1.165, 1.54) is 11.3 Å². The second-order valence-electron chi connectivity index (χ2n) is 6.00. The molecule has 2 aromatic carbocycles. The lowest BCUT2D eigenvalue weighted by molar-refractivity contribution is 0.111. The van der Waals surface area contributed by atoms with Crippen LogP contribution in [0.2, 0.25) is 0 Å². The Morgan fingerprint density at radius 2 is 1.89 bits per heavy atom. The van der Waals surface area contributed by atoms with Crippen LogP contribution < -0.4 is 14.2 Å². The molecule has 0 radical (unpaired) electrons. The van der Waals surface area contributed by atoms with Crippen molar-refractivity contribution in [1.29, 1.82) is 0 Å². The first-order chi connectivity index (χ1) is 13.3. The van der Waals surface area contributed by atoms with Crippen LogP contribution in [-0.4, -0.2) is 29.6 Å². The number of methoxy groups -OCH3 is 1. The highest BCUT2D eigenvalue weighted by atomic mass is 32.1. The van der Waals surface area contributed by atoms with Gasteiger partial charge in [-0.15, -0.1) is 11.3 Å². The van der Waals surface area contributed by atoms with Gasteiger partial charge in [0.1, 0.15) is 17.1 Å². The molecule has 5 rings (SSSR count). The van der Waals surface area contributed by atoms with Gasteiger partial charge in [-0.2, -0.15) is 0 Å². The molecule has 0 aliphatic carbocycles. The first-order valence-corrected chi connectivity index (χ1v) is 9.16. The van der Waals surface area contributed by atoms with E-state index in [1.54, 1.807) is 7.11 Å². The number of benzene rings is 2. The summed E-state index contributed by atoms with van der Waals surface area (Å²) >= 11 is 1.49. The fraction of sp³-hybridized carbons (Fsp3) is 0.100. The monoisotopic (exact) mass is 378 g/mol. The van der Waals surface area contributed by atoms with Crippen LogP contribution in [0.5, 0.6) is 17.2 Å². The van der Waals surface area contributed by atoms with Crippen molar-refractivity contribution in [1.82, 2.24) is 9.38 Å². The average molecular weight is 378 g/mol. The van der Waals surface area contributed by atoms with Gasteiger partial charge in [-0.1, -0.05) is 0 Å². The lowest BCUT2D eigenvalue weighted by Gasteiger charge is -2.05. The van der Waals surface area contributed by atoms with E-state index in [0.717, 1.165) is 39.6 Å². The minimum atomic E-state index is 0.226. The quantitative estimate of drug-likeness (QED) is 0.496. The smallest absolute Gasteiger partial charge is 0.231 e. The van der Waals surface area contributed by atoms with Crippen molar-refractivity contribution in [2.75, 3.05) is 13.9 Å². The number of aldehydes is 1. The largest absolute Gasteiger partial charge is 0.497 e. The number of thiazole rings is 1. The summed E-state index contributed by atoms with van der Waals surface area (Å²) in [6, 6.07) is 13.3. The molecule has 1 aliphatic rings. The maximum absolute atomic E-state index is 11.9. The second kappa shape index (κ2) is 6.14. The predicted molar refractivity (Wildman–Crippen MR) is 102 cm³/mol. The lowest BCUT2D eigenvalue weighted by atomic mass is 10.1. The van der Waals surface area contributed by atoms with Crippen LogP contribution in [-0.2, 0) is 0 Å². The molecule has 0 atom stereocenters. The van der Waals surface area contributed by atoms with Gasteiger partial charge in [0.25, 0.3) is 0 Å². The van der Waals surface area contributed by atoms with E-state index in [9.17, 15) is 4.79 Å². The normalized spacial score (nSPS) is 12.5. The van der Waals surface area contributed by atoms with Gasteiger partial charge in [-0.3, -0.25) is 9.20 Å². The predicted octanol–water partition coefficient (Wildman–Crippen LogP) is 4.28. The Kier molecular flexibility index (Phi) is 3.61. The van der Waals surface area contributed by atoms with Gasteiger partial charge < -0.3 is 14.2 Å². The number of rotatable bonds is 4. The first kappa shape index (κ1) is 15.9. The summed E-state index contributed by atoms with van der Waals surface area (Å²) in [5, 5.41) is 1.99. The highest BCUT2D eigenvalue weighted by molar-refractivity contribution is 7.15. The Hall–Kier alpha value is -3.32. The van der Waals surface area contributed by atoms with Crippen molar-refractivity contribution < 1.29 is 19.0 Å². The van der Waals surface area contributed by atoms with E-state index in [2.05, 4.69) is 4.98 Å². The Bertz CT molecular complexity index is 1160. The zero-order valence-corrected chi connectivity index (χ0v) is 15.2. The molecule has 0 fully saturated rings. The molecule has 0 spiro atoms. The molecule has 2 aromatic heterocycles. The Balaban J connectivity index is 1.67. The summed E-state index contributed by atoms with van der Waals surface area (Å²) in [6.45, 7) is 0.226. The van der Waals surface area contributed by atoms with Crippen molar-refractivity contribution in [2.24, 2.45) is 0 Å². The fourth-order valence-electron chi connectivity index (χ4n) is 3.21. The first-order valence-electron chi connectivity index (χ1n) is 8.28. The highest BCUT2D eigenvalue weighted by Gasteiger charge is 2.20. The van der Waals surface area contributed by atoms with Crippen LogP contribution in [0.25, 0.3) is 27.5 Å². The molecule has 27 heavy (non-hydrogen) atoms. The highest BCUT2D eigenvalue weighted by Crippen LogP contribution is 2.38. The van der Waals surface area contributed by atoms with E-state index in [1.807, 2.05) is 52.2 Å². The van der Waals surface area contributed by atoms with E-state index in [-0.39, 0.29) is 6.79 Å². The summed E-state index contributed by atoms with van der Waals surface area (Å²) in [5.41, 5.74) is 3.87. The van der Waals surface area contributed by atoms with Crippen LogP contribution in [0.1, 0.15) is 10.5 Å². The second-order valence-corrected chi connectivity index (χ2v) is 6.84. The Morgan fingerprint density at radius 1 is 1.11 bits per heavy atom. The number of carbonyl (C=O) groups is 1. The van der Waals surface area contributed by atoms with Crippen LogP contribution in [0.15, 0.2) is 47.8 Å². The third-order valence-corrected chi connectivity index (χ3v) is 5.37. The molecular formula is C20H14N2O4S. The maximum atomic E-state index is 11.9. The molecule has 0 bridgehead atoms. The molecule has 134 valence electrons. The topological polar surface area (TPSA) is 62.1 Å². The van der Waals surface area contributed by atoms with Gasteiger partial charge in [0.2, 0.25) is 6.79 Å². The number of nitrogens with zero attached hydrogens (tertiary/aromatic N) is 2. The number of hydrogen-bond donors (Lipinski definition) is 0. The Morgan fingerprint density at radius 3 is 2.67 bits per heavy atom. The summed E-state index contributed by atoms with van der Waals surface area (Å²) in [6.07, 6.45) is 0.850. The number of ether oxygens (including phenoxy) is 3. The van der Waals surface area contributed by atoms with Crippen molar-refractivity contribution in [3.05, 3.63) is 53.5 Å². The van der Waals surface area contributed by atoms with Crippen molar-refractivity contribution in [2.45, 2.75) is 0 Å². The number of imidazole rings is 1. The average Bonchev–Trinajstić information content (AvgIpc) is 3.41. The molecule has 0 saturated carbocycles. The fourth-order valence-corrected chi connectivity index (χ4v) is 4.11. The minimum Gasteiger partial charge on any atom is -0.497 e. The van der Waals surface area contributed by atoms with Gasteiger partial charge in [-0.25, -0.2) is 4.98 Å². The summed E-state index contributed by atoms with van der Waals surface area (Å²) < 4.78 is 17.9. The molecule has 3 heterocycles. The lowest BCUT2D eigenvalue weighted by Crippen LogP contribution is -1.94. The third kappa shape index (κ3) is 2.47. The zero-order chi connectivity index (χ0) is 18.4. The van der Waals surface area contributed by atoms with Crippen LogP contribution in [0, 0.1) is 0 Å². The summed E-state index contributed by atoms with van der Waals surface area (Å²) in [5.74, 6) is 2.19.